The quantitative estimate of drug-likeness (QED) is 0.306. The number of aromatic nitrogens is 1. The van der Waals surface area contributed by atoms with Gasteiger partial charge in [-0.1, -0.05) is 60.7 Å². The lowest BCUT2D eigenvalue weighted by molar-refractivity contribution is -0.121. The zero-order valence-electron chi connectivity index (χ0n) is 21.1. The number of halogens is 1. The van der Waals surface area contributed by atoms with E-state index in [0.717, 1.165) is 67.8 Å². The van der Waals surface area contributed by atoms with Crippen LogP contribution in [0.15, 0.2) is 85.1 Å². The van der Waals surface area contributed by atoms with Crippen LogP contribution in [0.1, 0.15) is 35.4 Å². The van der Waals surface area contributed by atoms with Crippen LogP contribution in [0.2, 0.25) is 0 Å². The van der Waals surface area contributed by atoms with Gasteiger partial charge in [-0.25, -0.2) is 4.39 Å². The number of hydrogen-bond donors (Lipinski definition) is 1. The van der Waals surface area contributed by atoms with E-state index in [9.17, 15) is 9.18 Å². The lowest BCUT2D eigenvalue weighted by Gasteiger charge is -2.26. The first-order valence-corrected chi connectivity index (χ1v) is 13.1. The van der Waals surface area contributed by atoms with E-state index in [1.54, 1.807) is 12.1 Å². The summed E-state index contributed by atoms with van der Waals surface area (Å²) < 4.78 is 21.4. The van der Waals surface area contributed by atoms with Crippen LogP contribution < -0.4 is 5.32 Å². The minimum atomic E-state index is -0.276. The maximum Gasteiger partial charge on any atom is 0.220 e. The summed E-state index contributed by atoms with van der Waals surface area (Å²) in [6.07, 6.45) is 3.38. The minimum Gasteiger partial charge on any atom is -0.379 e. The summed E-state index contributed by atoms with van der Waals surface area (Å²) in [5.74, 6) is -0.445. The van der Waals surface area contributed by atoms with Gasteiger partial charge in [0.1, 0.15) is 5.82 Å². The van der Waals surface area contributed by atoms with Gasteiger partial charge in [-0.05, 0) is 47.9 Å². The van der Waals surface area contributed by atoms with E-state index >= 15 is 0 Å². The van der Waals surface area contributed by atoms with E-state index in [1.165, 1.54) is 17.7 Å². The third kappa shape index (κ3) is 6.45. The molecule has 1 aliphatic rings. The number of morpholine rings is 1. The molecule has 37 heavy (non-hydrogen) atoms. The summed E-state index contributed by atoms with van der Waals surface area (Å²) in [5.41, 5.74) is 4.36. The average molecular weight is 500 g/mol. The highest BCUT2D eigenvalue weighted by molar-refractivity contribution is 5.86. The number of para-hydroxylation sites is 1. The van der Waals surface area contributed by atoms with Crippen molar-refractivity contribution in [3.05, 3.63) is 108 Å². The smallest absolute Gasteiger partial charge is 0.220 e. The Bertz CT molecular complexity index is 1300. The fourth-order valence-electron chi connectivity index (χ4n) is 5.18. The molecule has 1 N–H and O–H groups in total. The Morgan fingerprint density at radius 3 is 2.46 bits per heavy atom. The number of nitrogens with one attached hydrogen (secondary N) is 1. The van der Waals surface area contributed by atoms with Gasteiger partial charge >= 0.3 is 0 Å². The molecule has 1 fully saturated rings. The van der Waals surface area contributed by atoms with Gasteiger partial charge in [0.25, 0.3) is 0 Å². The summed E-state index contributed by atoms with van der Waals surface area (Å²) >= 11 is 0. The third-order valence-electron chi connectivity index (χ3n) is 7.13. The number of carbonyl (C=O) groups is 1. The number of hydrogen-bond acceptors (Lipinski definition) is 3. The highest BCUT2D eigenvalue weighted by Crippen LogP contribution is 2.35. The molecule has 5 nitrogen and oxygen atoms in total. The highest BCUT2D eigenvalue weighted by Gasteiger charge is 2.23. The van der Waals surface area contributed by atoms with Crippen LogP contribution in [0.3, 0.4) is 0 Å². The van der Waals surface area contributed by atoms with Gasteiger partial charge in [0.15, 0.2) is 0 Å². The van der Waals surface area contributed by atoms with E-state index < -0.39 is 0 Å². The Hall–Kier alpha value is -3.48. The molecule has 2 heterocycles. The Kier molecular flexibility index (Phi) is 8.28. The topological polar surface area (TPSA) is 46.5 Å². The Morgan fingerprint density at radius 2 is 1.68 bits per heavy atom. The molecule has 0 radical (unpaired) electrons. The third-order valence-corrected chi connectivity index (χ3v) is 7.13. The van der Waals surface area contributed by atoms with Crippen molar-refractivity contribution < 1.29 is 13.9 Å². The summed E-state index contributed by atoms with van der Waals surface area (Å²) in [6, 6.07) is 25.2. The van der Waals surface area contributed by atoms with Crippen LogP contribution in [0.4, 0.5) is 4.39 Å². The van der Waals surface area contributed by atoms with Crippen molar-refractivity contribution in [3.63, 3.8) is 0 Å². The van der Waals surface area contributed by atoms with Gasteiger partial charge in [0.2, 0.25) is 5.91 Å². The number of nitrogens with zero attached hydrogens (tertiary/aromatic N) is 2. The summed E-state index contributed by atoms with van der Waals surface area (Å²) in [7, 11) is 0. The van der Waals surface area contributed by atoms with Crippen molar-refractivity contribution in [1.82, 2.24) is 14.8 Å². The van der Waals surface area contributed by atoms with E-state index in [4.69, 9.17) is 4.74 Å². The molecule has 1 aliphatic heterocycles. The number of amides is 1. The van der Waals surface area contributed by atoms with Gasteiger partial charge in [-0.3, -0.25) is 9.69 Å². The van der Waals surface area contributed by atoms with E-state index in [1.807, 2.05) is 30.3 Å². The van der Waals surface area contributed by atoms with E-state index in [-0.39, 0.29) is 17.6 Å². The summed E-state index contributed by atoms with van der Waals surface area (Å²) in [5, 5.41) is 4.24. The second kappa shape index (κ2) is 12.2. The van der Waals surface area contributed by atoms with E-state index in [2.05, 4.69) is 45.2 Å². The maximum absolute atomic E-state index is 13.8. The number of benzene rings is 3. The van der Waals surface area contributed by atoms with Crippen molar-refractivity contribution in [3.8, 4) is 0 Å². The monoisotopic (exact) mass is 499 g/mol. The van der Waals surface area contributed by atoms with Crippen LogP contribution in [-0.2, 0) is 16.1 Å². The minimum absolute atomic E-state index is 0.0104. The van der Waals surface area contributed by atoms with Crippen LogP contribution >= 0.6 is 0 Å². The van der Waals surface area contributed by atoms with Gasteiger partial charge in [0, 0.05) is 55.6 Å². The van der Waals surface area contributed by atoms with Crippen LogP contribution in [-0.4, -0.2) is 54.8 Å². The van der Waals surface area contributed by atoms with Crippen molar-refractivity contribution in [2.75, 3.05) is 39.4 Å². The van der Waals surface area contributed by atoms with Gasteiger partial charge in [-0.15, -0.1) is 0 Å². The predicted molar refractivity (Wildman–Crippen MR) is 145 cm³/mol. The SMILES string of the molecule is O=C(CC(c1ccc(F)cc1)c1cn(Cc2ccccc2)c2ccccc12)NCCCN1CCOCC1. The largest absolute Gasteiger partial charge is 0.379 e. The molecule has 0 bridgehead atoms. The van der Waals surface area contributed by atoms with Crippen molar-refractivity contribution in [2.24, 2.45) is 0 Å². The summed E-state index contributed by atoms with van der Waals surface area (Å²) in [4.78, 5) is 15.5. The van der Waals surface area contributed by atoms with E-state index in [0.29, 0.717) is 13.0 Å². The molecule has 3 aromatic carbocycles. The maximum atomic E-state index is 13.8. The molecule has 0 spiro atoms. The molecular weight excluding hydrogens is 465 g/mol. The molecule has 0 saturated carbocycles. The second-order valence-corrected chi connectivity index (χ2v) is 9.68. The molecule has 1 unspecified atom stereocenters. The van der Waals surface area contributed by atoms with Gasteiger partial charge < -0.3 is 14.6 Å². The zero-order chi connectivity index (χ0) is 25.5. The molecule has 1 atom stereocenters. The van der Waals surface area contributed by atoms with Gasteiger partial charge in [-0.2, -0.15) is 0 Å². The Labute approximate surface area is 217 Å². The fraction of sp³-hybridized carbons (Fsp3) is 0.323. The number of fused-ring (bicyclic) bond motifs is 1. The van der Waals surface area contributed by atoms with Crippen LogP contribution in [0.5, 0.6) is 0 Å². The Balaban J connectivity index is 1.36. The molecule has 192 valence electrons. The molecular formula is C31H34FN3O2. The number of ether oxygens (including phenoxy) is 1. The summed E-state index contributed by atoms with van der Waals surface area (Å²) in [6.45, 7) is 5.81. The Morgan fingerprint density at radius 1 is 0.946 bits per heavy atom. The lowest BCUT2D eigenvalue weighted by Crippen LogP contribution is -2.38. The fourth-order valence-corrected chi connectivity index (χ4v) is 5.18. The first-order valence-electron chi connectivity index (χ1n) is 13.1. The first-order chi connectivity index (χ1) is 18.2. The molecule has 6 heteroatoms. The zero-order valence-corrected chi connectivity index (χ0v) is 21.1. The predicted octanol–water partition coefficient (Wildman–Crippen LogP) is 5.19. The standard InChI is InChI=1S/C31H34FN3O2/c32-26-13-11-25(12-14-26)28(21-31(36)33-15-6-16-34-17-19-37-20-18-34)29-23-35(22-24-7-2-1-3-8-24)30-10-5-4-9-27(29)30/h1-5,7-14,23,28H,6,15-22H2,(H,33,36). The van der Waals surface area contributed by atoms with Crippen molar-refractivity contribution >= 4 is 16.8 Å². The van der Waals surface area contributed by atoms with Crippen LogP contribution in [0, 0.1) is 5.82 Å². The normalized spacial score (nSPS) is 15.1. The molecule has 0 aliphatic carbocycles. The van der Waals surface area contributed by atoms with Gasteiger partial charge in [0.05, 0.1) is 13.2 Å². The molecule has 1 amide bonds. The van der Waals surface area contributed by atoms with Crippen molar-refractivity contribution in [2.45, 2.75) is 25.3 Å². The number of rotatable bonds is 10. The second-order valence-electron chi connectivity index (χ2n) is 9.68. The first kappa shape index (κ1) is 25.2. The molecule has 4 aromatic rings. The average Bonchev–Trinajstić information content (AvgIpc) is 3.29. The lowest BCUT2D eigenvalue weighted by atomic mass is 9.88. The molecule has 5 rings (SSSR count). The number of carbonyl (C=O) groups excluding carboxylic acids is 1. The van der Waals surface area contributed by atoms with Crippen LogP contribution in [0.25, 0.3) is 10.9 Å². The molecule has 1 aromatic heterocycles. The van der Waals surface area contributed by atoms with Crippen molar-refractivity contribution in [1.29, 1.82) is 0 Å². The molecule has 1 saturated heterocycles. The highest BCUT2D eigenvalue weighted by atomic mass is 19.1.